The molecule has 0 unspecified atom stereocenters. The average Bonchev–Trinajstić information content (AvgIpc) is 2.75. The molecule has 0 saturated carbocycles. The van der Waals surface area contributed by atoms with Gasteiger partial charge >= 0.3 is 0 Å². The van der Waals surface area contributed by atoms with Crippen molar-refractivity contribution >= 4 is 5.69 Å². The molecule has 2 aliphatic rings. The number of hydrogen-bond acceptors (Lipinski definition) is 4. The maximum absolute atomic E-state index is 5.35. The predicted octanol–water partition coefficient (Wildman–Crippen LogP) is 3.58. The van der Waals surface area contributed by atoms with Crippen LogP contribution in [0.4, 0.5) is 5.69 Å². The molecule has 0 radical (unpaired) electrons. The van der Waals surface area contributed by atoms with Crippen molar-refractivity contribution in [2.45, 2.75) is 18.9 Å². The van der Waals surface area contributed by atoms with E-state index in [-0.39, 0.29) is 0 Å². The smallest absolute Gasteiger partial charge is 0.119 e. The van der Waals surface area contributed by atoms with Crippen LogP contribution in [0, 0.1) is 0 Å². The molecule has 0 aliphatic carbocycles. The number of benzene rings is 2. The van der Waals surface area contributed by atoms with E-state index in [0.29, 0.717) is 0 Å². The number of piperidine rings is 1. The van der Waals surface area contributed by atoms with E-state index in [0.717, 1.165) is 24.9 Å². The zero-order chi connectivity index (χ0) is 18.6. The summed E-state index contributed by atoms with van der Waals surface area (Å²) in [5.41, 5.74) is 3.79. The SMILES string of the molecule is COc1cccc(-c2ccc(N3CCC(N4CCN(C)CC4)CC3)cc2)c1. The van der Waals surface area contributed by atoms with E-state index < -0.39 is 0 Å². The lowest BCUT2D eigenvalue weighted by molar-refractivity contribution is 0.0982. The fraction of sp³-hybridized carbons (Fsp3) is 0.478. The Bertz CT molecular complexity index is 730. The highest BCUT2D eigenvalue weighted by molar-refractivity contribution is 5.67. The Kier molecular flexibility index (Phi) is 5.65. The monoisotopic (exact) mass is 365 g/mol. The summed E-state index contributed by atoms with van der Waals surface area (Å²) in [4.78, 5) is 7.70. The highest BCUT2D eigenvalue weighted by Gasteiger charge is 2.26. The molecule has 144 valence electrons. The van der Waals surface area contributed by atoms with Crippen molar-refractivity contribution in [3.05, 3.63) is 48.5 Å². The summed E-state index contributed by atoms with van der Waals surface area (Å²) in [7, 11) is 3.95. The van der Waals surface area contributed by atoms with Crippen molar-refractivity contribution in [1.82, 2.24) is 9.80 Å². The number of anilines is 1. The second-order valence-corrected chi connectivity index (χ2v) is 7.84. The summed E-state index contributed by atoms with van der Waals surface area (Å²) >= 11 is 0. The van der Waals surface area contributed by atoms with E-state index in [1.54, 1.807) is 7.11 Å². The van der Waals surface area contributed by atoms with Gasteiger partial charge in [0.15, 0.2) is 0 Å². The third kappa shape index (κ3) is 4.28. The van der Waals surface area contributed by atoms with Crippen LogP contribution in [0.25, 0.3) is 11.1 Å². The zero-order valence-corrected chi connectivity index (χ0v) is 16.6. The van der Waals surface area contributed by atoms with Crippen molar-refractivity contribution in [3.8, 4) is 16.9 Å². The fourth-order valence-electron chi connectivity index (χ4n) is 4.34. The molecule has 2 aromatic rings. The standard InChI is InChI=1S/C23H31N3O/c1-24-14-16-26(17-15-24)22-10-12-25(13-11-22)21-8-6-19(7-9-21)20-4-3-5-23(18-20)27-2/h3-9,18,22H,10-17H2,1-2H3. The molecule has 0 bridgehead atoms. The van der Waals surface area contributed by atoms with E-state index in [1.165, 1.54) is 55.8 Å². The highest BCUT2D eigenvalue weighted by atomic mass is 16.5. The van der Waals surface area contributed by atoms with Crippen molar-refractivity contribution < 1.29 is 4.74 Å². The van der Waals surface area contributed by atoms with Gasteiger partial charge in [0.05, 0.1) is 7.11 Å². The van der Waals surface area contributed by atoms with Gasteiger partial charge in [-0.15, -0.1) is 0 Å². The number of methoxy groups -OCH3 is 1. The lowest BCUT2D eigenvalue weighted by Crippen LogP contribution is -2.52. The Morgan fingerprint density at radius 3 is 2.19 bits per heavy atom. The van der Waals surface area contributed by atoms with Crippen molar-refractivity contribution in [1.29, 1.82) is 0 Å². The van der Waals surface area contributed by atoms with Crippen LogP contribution in [0.5, 0.6) is 5.75 Å². The quantitative estimate of drug-likeness (QED) is 0.824. The molecular weight excluding hydrogens is 334 g/mol. The van der Waals surface area contributed by atoms with E-state index in [9.17, 15) is 0 Å². The zero-order valence-electron chi connectivity index (χ0n) is 16.6. The lowest BCUT2D eigenvalue weighted by atomic mass is 10.0. The third-order valence-corrected chi connectivity index (χ3v) is 6.15. The summed E-state index contributed by atoms with van der Waals surface area (Å²) < 4.78 is 5.35. The van der Waals surface area contributed by atoms with Gasteiger partial charge in [0, 0.05) is 51.0 Å². The average molecular weight is 366 g/mol. The minimum atomic E-state index is 0.769. The first-order valence-electron chi connectivity index (χ1n) is 10.1. The van der Waals surface area contributed by atoms with Crippen LogP contribution in [0.1, 0.15) is 12.8 Å². The first kappa shape index (κ1) is 18.3. The molecule has 0 N–H and O–H groups in total. The van der Waals surface area contributed by atoms with E-state index in [2.05, 4.69) is 58.1 Å². The molecule has 0 spiro atoms. The second-order valence-electron chi connectivity index (χ2n) is 7.84. The Hall–Kier alpha value is -2.04. The Labute approximate surface area is 163 Å². The number of rotatable bonds is 4. The molecule has 4 nitrogen and oxygen atoms in total. The molecule has 0 atom stereocenters. The molecule has 0 amide bonds. The van der Waals surface area contributed by atoms with Gasteiger partial charge in [-0.2, -0.15) is 0 Å². The molecule has 4 heteroatoms. The number of piperazine rings is 1. The Morgan fingerprint density at radius 2 is 1.52 bits per heavy atom. The summed E-state index contributed by atoms with van der Waals surface area (Å²) in [5.74, 6) is 0.905. The molecule has 0 aromatic heterocycles. The molecule has 2 saturated heterocycles. The second kappa shape index (κ2) is 8.32. The Morgan fingerprint density at radius 1 is 0.815 bits per heavy atom. The van der Waals surface area contributed by atoms with Crippen LogP contribution >= 0.6 is 0 Å². The molecular formula is C23H31N3O. The fourth-order valence-corrected chi connectivity index (χ4v) is 4.34. The van der Waals surface area contributed by atoms with Crippen LogP contribution in [0.2, 0.25) is 0 Å². The first-order valence-corrected chi connectivity index (χ1v) is 10.1. The molecule has 2 fully saturated rings. The van der Waals surface area contributed by atoms with E-state index in [4.69, 9.17) is 4.74 Å². The van der Waals surface area contributed by atoms with Crippen LogP contribution < -0.4 is 9.64 Å². The van der Waals surface area contributed by atoms with Crippen LogP contribution in [0.15, 0.2) is 48.5 Å². The summed E-state index contributed by atoms with van der Waals surface area (Å²) in [6, 6.07) is 18.0. The van der Waals surface area contributed by atoms with Crippen LogP contribution in [0.3, 0.4) is 0 Å². The van der Waals surface area contributed by atoms with Gasteiger partial charge in [-0.3, -0.25) is 4.90 Å². The Balaban J connectivity index is 1.36. The van der Waals surface area contributed by atoms with Gasteiger partial charge in [0.2, 0.25) is 0 Å². The topological polar surface area (TPSA) is 19.0 Å². The summed E-state index contributed by atoms with van der Waals surface area (Å²) in [5, 5.41) is 0. The van der Waals surface area contributed by atoms with E-state index >= 15 is 0 Å². The normalized spacial score (nSPS) is 20.0. The summed E-state index contributed by atoms with van der Waals surface area (Å²) in [6.07, 6.45) is 2.56. The minimum Gasteiger partial charge on any atom is -0.497 e. The maximum atomic E-state index is 5.35. The van der Waals surface area contributed by atoms with Crippen molar-refractivity contribution in [3.63, 3.8) is 0 Å². The number of hydrogen-bond donors (Lipinski definition) is 0. The molecule has 2 heterocycles. The predicted molar refractivity (Wildman–Crippen MR) is 113 cm³/mol. The highest BCUT2D eigenvalue weighted by Crippen LogP contribution is 2.28. The maximum Gasteiger partial charge on any atom is 0.119 e. The first-order chi connectivity index (χ1) is 13.2. The minimum absolute atomic E-state index is 0.769. The van der Waals surface area contributed by atoms with Gasteiger partial charge in [0.1, 0.15) is 5.75 Å². The van der Waals surface area contributed by atoms with Gasteiger partial charge < -0.3 is 14.5 Å². The van der Waals surface area contributed by atoms with Crippen molar-refractivity contribution in [2.75, 3.05) is 58.3 Å². The largest absolute Gasteiger partial charge is 0.497 e. The van der Waals surface area contributed by atoms with Gasteiger partial charge in [-0.25, -0.2) is 0 Å². The van der Waals surface area contributed by atoms with Crippen LogP contribution in [-0.4, -0.2) is 69.3 Å². The lowest BCUT2D eigenvalue weighted by Gasteiger charge is -2.42. The molecule has 27 heavy (non-hydrogen) atoms. The molecule has 2 aromatic carbocycles. The number of nitrogens with zero attached hydrogens (tertiary/aromatic N) is 3. The number of likely N-dealkylation sites (N-methyl/N-ethyl adjacent to an activating group) is 1. The van der Waals surface area contributed by atoms with Gasteiger partial charge in [0.25, 0.3) is 0 Å². The third-order valence-electron chi connectivity index (χ3n) is 6.15. The molecule has 4 rings (SSSR count). The van der Waals surface area contributed by atoms with Crippen LogP contribution in [-0.2, 0) is 0 Å². The van der Waals surface area contributed by atoms with Gasteiger partial charge in [-0.05, 0) is 55.3 Å². The van der Waals surface area contributed by atoms with E-state index in [1.807, 2.05) is 12.1 Å². The number of ether oxygens (including phenoxy) is 1. The molecule has 2 aliphatic heterocycles. The summed E-state index contributed by atoms with van der Waals surface area (Å²) in [6.45, 7) is 7.22. The van der Waals surface area contributed by atoms with Gasteiger partial charge in [-0.1, -0.05) is 24.3 Å². The van der Waals surface area contributed by atoms with Crippen molar-refractivity contribution in [2.24, 2.45) is 0 Å².